The van der Waals surface area contributed by atoms with E-state index in [1.54, 1.807) is 0 Å². The third-order valence-electron chi connectivity index (χ3n) is 3.48. The molecule has 0 aromatic carbocycles. The summed E-state index contributed by atoms with van der Waals surface area (Å²) in [6.07, 6.45) is 6.91. The van der Waals surface area contributed by atoms with Crippen LogP contribution in [0, 0.1) is 11.8 Å². The summed E-state index contributed by atoms with van der Waals surface area (Å²) >= 11 is 0. The summed E-state index contributed by atoms with van der Waals surface area (Å²) in [5.41, 5.74) is 0. The van der Waals surface area contributed by atoms with E-state index in [9.17, 15) is 9.59 Å². The van der Waals surface area contributed by atoms with Gasteiger partial charge in [0.05, 0.1) is 0 Å². The molecule has 0 rings (SSSR count). The van der Waals surface area contributed by atoms with Crippen molar-refractivity contribution in [2.45, 2.75) is 79.1 Å². The fourth-order valence-electron chi connectivity index (χ4n) is 2.21. The molecule has 0 aromatic rings. The first-order valence-electron chi connectivity index (χ1n) is 7.84. The molecule has 4 heteroatoms. The van der Waals surface area contributed by atoms with Crippen molar-refractivity contribution in [1.29, 1.82) is 0 Å². The van der Waals surface area contributed by atoms with Crippen molar-refractivity contribution in [2.24, 2.45) is 11.8 Å². The Morgan fingerprint density at radius 1 is 0.750 bits per heavy atom. The number of hydrogen-bond acceptors (Lipinski definition) is 2. The summed E-state index contributed by atoms with van der Waals surface area (Å²) in [5.74, 6) is -0.550. The predicted octanol–water partition coefficient (Wildman–Crippen LogP) is 4.57. The fraction of sp³-hybridized carbons (Fsp3) is 0.875. The van der Waals surface area contributed by atoms with E-state index < -0.39 is 11.9 Å². The van der Waals surface area contributed by atoms with Gasteiger partial charge in [-0.05, 0) is 11.8 Å². The second kappa shape index (κ2) is 14.4. The van der Waals surface area contributed by atoms with Crippen LogP contribution in [0.1, 0.15) is 79.1 Å². The Balaban J connectivity index is 0. The molecule has 0 heterocycles. The topological polar surface area (TPSA) is 74.6 Å². The van der Waals surface area contributed by atoms with Crippen LogP contribution >= 0.6 is 0 Å². The molecule has 2 unspecified atom stereocenters. The SMILES string of the molecule is CCCC(CC)CC(=O)O.CCCC(CC)CC(=O)O. The third-order valence-corrected chi connectivity index (χ3v) is 3.48. The number of aliphatic carboxylic acids is 2. The maximum Gasteiger partial charge on any atom is 0.303 e. The molecule has 4 nitrogen and oxygen atoms in total. The first-order valence-corrected chi connectivity index (χ1v) is 7.84. The lowest BCUT2D eigenvalue weighted by Gasteiger charge is -2.09. The van der Waals surface area contributed by atoms with Crippen molar-refractivity contribution >= 4 is 11.9 Å². The second-order valence-corrected chi connectivity index (χ2v) is 5.32. The maximum atomic E-state index is 10.2. The van der Waals surface area contributed by atoms with Gasteiger partial charge in [0, 0.05) is 12.8 Å². The molecule has 0 radical (unpaired) electrons. The number of carboxylic acids is 2. The molecule has 0 aliphatic heterocycles. The summed E-state index contributed by atoms with van der Waals surface area (Å²) in [4.78, 5) is 20.5. The van der Waals surface area contributed by atoms with Gasteiger partial charge in [-0.15, -0.1) is 0 Å². The van der Waals surface area contributed by atoms with Crippen molar-refractivity contribution in [3.63, 3.8) is 0 Å². The average molecular weight is 288 g/mol. The minimum Gasteiger partial charge on any atom is -0.481 e. The van der Waals surface area contributed by atoms with Crippen LogP contribution in [-0.2, 0) is 9.59 Å². The minimum atomic E-state index is -0.666. The highest BCUT2D eigenvalue weighted by molar-refractivity contribution is 5.67. The monoisotopic (exact) mass is 288 g/mol. The van der Waals surface area contributed by atoms with Crippen LogP contribution in [-0.4, -0.2) is 22.2 Å². The molecule has 2 atom stereocenters. The summed E-state index contributed by atoms with van der Waals surface area (Å²) in [6, 6.07) is 0. The molecule has 0 saturated carbocycles. The van der Waals surface area contributed by atoms with E-state index in [1.165, 1.54) is 0 Å². The van der Waals surface area contributed by atoms with Crippen LogP contribution in [0.4, 0.5) is 0 Å². The van der Waals surface area contributed by atoms with E-state index in [1.807, 2.05) is 13.8 Å². The van der Waals surface area contributed by atoms with E-state index in [-0.39, 0.29) is 0 Å². The van der Waals surface area contributed by atoms with Crippen molar-refractivity contribution in [2.75, 3.05) is 0 Å². The molecule has 0 fully saturated rings. The summed E-state index contributed by atoms with van der Waals surface area (Å²) in [5, 5.41) is 16.9. The van der Waals surface area contributed by atoms with Gasteiger partial charge in [-0.2, -0.15) is 0 Å². The smallest absolute Gasteiger partial charge is 0.303 e. The number of carboxylic acid groups (broad SMARTS) is 2. The maximum absolute atomic E-state index is 10.2. The zero-order valence-corrected chi connectivity index (χ0v) is 13.5. The Morgan fingerprint density at radius 2 is 1.05 bits per heavy atom. The van der Waals surface area contributed by atoms with Crippen LogP contribution in [0.3, 0.4) is 0 Å². The van der Waals surface area contributed by atoms with Gasteiger partial charge < -0.3 is 10.2 Å². The zero-order valence-electron chi connectivity index (χ0n) is 13.5. The van der Waals surface area contributed by atoms with Gasteiger partial charge in [0.25, 0.3) is 0 Å². The Bertz CT molecular complexity index is 225. The molecular weight excluding hydrogens is 256 g/mol. The number of hydrogen-bond donors (Lipinski definition) is 2. The van der Waals surface area contributed by atoms with E-state index >= 15 is 0 Å². The van der Waals surface area contributed by atoms with Crippen molar-refractivity contribution in [1.82, 2.24) is 0 Å². The van der Waals surface area contributed by atoms with Gasteiger partial charge in [-0.25, -0.2) is 0 Å². The van der Waals surface area contributed by atoms with Gasteiger partial charge >= 0.3 is 11.9 Å². The van der Waals surface area contributed by atoms with Crippen molar-refractivity contribution < 1.29 is 19.8 Å². The lowest BCUT2D eigenvalue weighted by atomic mass is 9.97. The van der Waals surface area contributed by atoms with E-state index in [0.717, 1.165) is 38.5 Å². The Hall–Kier alpha value is -1.06. The van der Waals surface area contributed by atoms with Gasteiger partial charge in [0.2, 0.25) is 0 Å². The molecule has 0 spiro atoms. The standard InChI is InChI=1S/2C8H16O2/c2*1-3-5-7(4-2)6-8(9)10/h2*7H,3-6H2,1-2H3,(H,9,10). The lowest BCUT2D eigenvalue weighted by molar-refractivity contribution is -0.139. The molecule has 0 aromatic heterocycles. The third kappa shape index (κ3) is 15.0. The Morgan fingerprint density at radius 3 is 1.20 bits per heavy atom. The Labute approximate surface area is 123 Å². The van der Waals surface area contributed by atoms with Crippen LogP contribution in [0.5, 0.6) is 0 Å². The van der Waals surface area contributed by atoms with Gasteiger partial charge in [0.1, 0.15) is 0 Å². The molecule has 120 valence electrons. The summed E-state index contributed by atoms with van der Waals surface area (Å²) in [6.45, 7) is 8.27. The largest absolute Gasteiger partial charge is 0.481 e. The highest BCUT2D eigenvalue weighted by Crippen LogP contribution is 2.15. The van der Waals surface area contributed by atoms with Gasteiger partial charge in [-0.3, -0.25) is 9.59 Å². The quantitative estimate of drug-likeness (QED) is 0.617. The normalized spacial score (nSPS) is 13.0. The van der Waals surface area contributed by atoms with Crippen molar-refractivity contribution in [3.05, 3.63) is 0 Å². The van der Waals surface area contributed by atoms with E-state index in [4.69, 9.17) is 10.2 Å². The summed E-state index contributed by atoms with van der Waals surface area (Å²) < 4.78 is 0. The second-order valence-electron chi connectivity index (χ2n) is 5.32. The van der Waals surface area contributed by atoms with Gasteiger partial charge in [0.15, 0.2) is 0 Å². The fourth-order valence-corrected chi connectivity index (χ4v) is 2.21. The lowest BCUT2D eigenvalue weighted by Crippen LogP contribution is -2.06. The van der Waals surface area contributed by atoms with Crippen LogP contribution < -0.4 is 0 Å². The highest BCUT2D eigenvalue weighted by Gasteiger charge is 2.09. The summed E-state index contributed by atoms with van der Waals surface area (Å²) in [7, 11) is 0. The first kappa shape index (κ1) is 21.2. The molecule has 0 aliphatic rings. The predicted molar refractivity (Wildman–Crippen MR) is 81.9 cm³/mol. The van der Waals surface area contributed by atoms with E-state index in [0.29, 0.717) is 24.7 Å². The Kier molecular flexibility index (Phi) is 15.2. The number of rotatable bonds is 10. The molecule has 20 heavy (non-hydrogen) atoms. The molecule has 0 saturated heterocycles. The zero-order chi connectivity index (χ0) is 16.0. The highest BCUT2D eigenvalue weighted by atomic mass is 16.4. The molecule has 2 N–H and O–H groups in total. The first-order chi connectivity index (χ1) is 9.40. The molecule has 0 amide bonds. The van der Waals surface area contributed by atoms with Crippen molar-refractivity contribution in [3.8, 4) is 0 Å². The molecule has 0 aliphatic carbocycles. The number of carbonyl (C=O) groups is 2. The van der Waals surface area contributed by atoms with Crippen LogP contribution in [0.15, 0.2) is 0 Å². The van der Waals surface area contributed by atoms with Crippen LogP contribution in [0.2, 0.25) is 0 Å². The molecule has 0 bridgehead atoms. The van der Waals surface area contributed by atoms with Gasteiger partial charge in [-0.1, -0.05) is 66.2 Å². The van der Waals surface area contributed by atoms with Crippen LogP contribution in [0.25, 0.3) is 0 Å². The molecular formula is C16H32O4. The average Bonchev–Trinajstić information content (AvgIpc) is 2.37. The van der Waals surface area contributed by atoms with E-state index in [2.05, 4.69) is 13.8 Å². The minimum absolute atomic E-state index is 0.338.